The first-order chi connectivity index (χ1) is 3.92. The molecule has 1 N–H and O–H groups in total. The van der Waals surface area contributed by atoms with Crippen molar-refractivity contribution in [2.24, 2.45) is 0 Å². The van der Waals surface area contributed by atoms with Crippen LogP contribution in [-0.2, 0) is 0 Å². The van der Waals surface area contributed by atoms with E-state index in [0.29, 0.717) is 0 Å². The summed E-state index contributed by atoms with van der Waals surface area (Å²) < 4.78 is 24.1. The third kappa shape index (κ3) is 7.82. The molecule has 0 spiro atoms. The summed E-state index contributed by atoms with van der Waals surface area (Å²) in [6.45, 7) is 2.36. The van der Waals surface area contributed by atoms with Gasteiger partial charge in [-0.2, -0.15) is 0 Å². The molecule has 0 rings (SSSR count). The van der Waals surface area contributed by atoms with Crippen LogP contribution in [0.1, 0.15) is 26.7 Å². The molecule has 0 saturated heterocycles. The van der Waals surface area contributed by atoms with Crippen molar-refractivity contribution in [2.45, 2.75) is 38.7 Å². The smallest absolute Gasteiger partial charge is 0.204 e. The van der Waals surface area contributed by atoms with Crippen LogP contribution in [0.5, 0.6) is 0 Å². The molecule has 0 aromatic heterocycles. The number of alkyl halides is 2. The Balaban J connectivity index is 3.28. The van der Waals surface area contributed by atoms with E-state index in [-0.39, 0.29) is 12.8 Å². The van der Waals surface area contributed by atoms with Crippen molar-refractivity contribution in [1.82, 2.24) is 0 Å². The molecule has 0 amide bonds. The van der Waals surface area contributed by atoms with Crippen LogP contribution in [0.4, 0.5) is 8.78 Å². The minimum absolute atomic E-state index is 0.0729. The molecule has 0 fully saturated rings. The highest BCUT2D eigenvalue weighted by molar-refractivity contribution is 4.59. The number of hydrogen-bond donors (Lipinski definition) is 1. The zero-order chi connectivity index (χ0) is 7.49. The Hall–Kier alpha value is -0.180. The lowest BCUT2D eigenvalue weighted by Crippen LogP contribution is -2.17. The van der Waals surface area contributed by atoms with Gasteiger partial charge in [-0.1, -0.05) is 0 Å². The van der Waals surface area contributed by atoms with Crippen molar-refractivity contribution < 1.29 is 13.9 Å². The van der Waals surface area contributed by atoms with Crippen molar-refractivity contribution in [3.05, 3.63) is 0 Å². The van der Waals surface area contributed by atoms with Gasteiger partial charge in [-0.15, -0.1) is 0 Å². The highest BCUT2D eigenvalue weighted by Gasteiger charge is 2.18. The molecule has 1 nitrogen and oxygen atoms in total. The van der Waals surface area contributed by atoms with Crippen LogP contribution >= 0.6 is 0 Å². The van der Waals surface area contributed by atoms with Crippen molar-refractivity contribution in [3.8, 4) is 0 Å². The van der Waals surface area contributed by atoms with Crippen molar-refractivity contribution in [3.63, 3.8) is 0 Å². The van der Waals surface area contributed by atoms with Gasteiger partial charge in [0.25, 0.3) is 0 Å². The highest BCUT2D eigenvalue weighted by Crippen LogP contribution is 2.15. The fraction of sp³-hybridized carbons (Fsp3) is 1.00. The predicted molar refractivity (Wildman–Crippen MR) is 31.5 cm³/mol. The zero-order valence-electron chi connectivity index (χ0n) is 5.69. The van der Waals surface area contributed by atoms with E-state index in [0.717, 1.165) is 6.92 Å². The molecule has 0 saturated carbocycles. The van der Waals surface area contributed by atoms with E-state index in [4.69, 9.17) is 5.11 Å². The number of rotatable bonds is 3. The summed E-state index contributed by atoms with van der Waals surface area (Å²) in [6.07, 6.45) is -1.10. The first-order valence-corrected chi connectivity index (χ1v) is 2.97. The average Bonchev–Trinajstić information content (AvgIpc) is 1.59. The second kappa shape index (κ2) is 3.11. The van der Waals surface area contributed by atoms with E-state index in [1.54, 1.807) is 0 Å². The predicted octanol–water partition coefficient (Wildman–Crippen LogP) is 1.80. The van der Waals surface area contributed by atoms with Gasteiger partial charge >= 0.3 is 0 Å². The molecule has 0 radical (unpaired) electrons. The standard InChI is InChI=1S/C6H12F2O/c1-5(7)3-4-6(2,8)9/h5,9H,3-4H2,1-2H3. The van der Waals surface area contributed by atoms with Gasteiger partial charge in [-0.05, 0) is 20.3 Å². The van der Waals surface area contributed by atoms with Gasteiger partial charge in [0.1, 0.15) is 0 Å². The number of aliphatic hydroxyl groups is 1. The Kier molecular flexibility index (Phi) is 3.04. The van der Waals surface area contributed by atoms with E-state index in [2.05, 4.69) is 0 Å². The molecule has 3 heteroatoms. The SMILES string of the molecule is CC(F)CCC(C)(O)F. The third-order valence-corrected chi connectivity index (χ3v) is 0.998. The van der Waals surface area contributed by atoms with Crippen molar-refractivity contribution in [2.75, 3.05) is 0 Å². The molecular weight excluding hydrogens is 126 g/mol. The van der Waals surface area contributed by atoms with Gasteiger partial charge in [0.05, 0.1) is 6.17 Å². The Bertz CT molecular complexity index is 75.6. The summed E-state index contributed by atoms with van der Waals surface area (Å²) in [6, 6.07) is 0. The van der Waals surface area contributed by atoms with Gasteiger partial charge in [0.15, 0.2) is 0 Å². The summed E-state index contributed by atoms with van der Waals surface area (Å²) >= 11 is 0. The van der Waals surface area contributed by atoms with Gasteiger partial charge in [0.2, 0.25) is 5.85 Å². The quantitative estimate of drug-likeness (QED) is 0.630. The molecule has 0 heterocycles. The molecule has 9 heavy (non-hydrogen) atoms. The molecule has 0 aliphatic rings. The monoisotopic (exact) mass is 138 g/mol. The van der Waals surface area contributed by atoms with Crippen LogP contribution in [0.2, 0.25) is 0 Å². The van der Waals surface area contributed by atoms with E-state index in [1.165, 1.54) is 6.92 Å². The molecule has 0 aromatic carbocycles. The largest absolute Gasteiger partial charge is 0.362 e. The Morgan fingerprint density at radius 1 is 1.67 bits per heavy atom. The summed E-state index contributed by atoms with van der Waals surface area (Å²) in [7, 11) is 0. The first kappa shape index (κ1) is 8.82. The highest BCUT2D eigenvalue weighted by atomic mass is 19.2. The summed E-state index contributed by atoms with van der Waals surface area (Å²) in [4.78, 5) is 0. The summed E-state index contributed by atoms with van der Waals surface area (Å²) in [5, 5.41) is 8.43. The number of hydrogen-bond acceptors (Lipinski definition) is 1. The minimum Gasteiger partial charge on any atom is -0.362 e. The maximum absolute atomic E-state index is 12.1. The first-order valence-electron chi connectivity index (χ1n) is 2.97. The fourth-order valence-electron chi connectivity index (χ4n) is 0.462. The van der Waals surface area contributed by atoms with Crippen LogP contribution in [0.15, 0.2) is 0 Å². The maximum Gasteiger partial charge on any atom is 0.204 e. The van der Waals surface area contributed by atoms with Crippen molar-refractivity contribution >= 4 is 0 Å². The average molecular weight is 138 g/mol. The lowest BCUT2D eigenvalue weighted by atomic mass is 10.1. The van der Waals surface area contributed by atoms with Crippen LogP contribution in [0.3, 0.4) is 0 Å². The fourth-order valence-corrected chi connectivity index (χ4v) is 0.462. The van der Waals surface area contributed by atoms with Gasteiger partial charge in [-0.3, -0.25) is 0 Å². The Morgan fingerprint density at radius 3 is 2.22 bits per heavy atom. The lowest BCUT2D eigenvalue weighted by Gasteiger charge is -2.11. The van der Waals surface area contributed by atoms with Crippen LogP contribution in [0.25, 0.3) is 0 Å². The molecule has 56 valence electrons. The molecule has 0 aromatic rings. The van der Waals surface area contributed by atoms with Crippen LogP contribution in [0, 0.1) is 0 Å². The Labute approximate surface area is 53.7 Å². The van der Waals surface area contributed by atoms with Gasteiger partial charge in [-0.25, -0.2) is 8.78 Å². The van der Waals surface area contributed by atoms with Gasteiger partial charge < -0.3 is 5.11 Å². The molecule has 2 atom stereocenters. The molecule has 0 aliphatic heterocycles. The topological polar surface area (TPSA) is 20.2 Å². The van der Waals surface area contributed by atoms with E-state index >= 15 is 0 Å². The van der Waals surface area contributed by atoms with E-state index in [1.807, 2.05) is 0 Å². The molecule has 0 aliphatic carbocycles. The van der Waals surface area contributed by atoms with Crippen molar-refractivity contribution in [1.29, 1.82) is 0 Å². The summed E-state index contributed by atoms with van der Waals surface area (Å²) in [5.41, 5.74) is 0. The van der Waals surface area contributed by atoms with E-state index < -0.39 is 12.0 Å². The second-order valence-electron chi connectivity index (χ2n) is 2.46. The van der Waals surface area contributed by atoms with Gasteiger partial charge in [0, 0.05) is 6.42 Å². The number of halogens is 2. The summed E-state index contributed by atoms with van der Waals surface area (Å²) in [5.74, 6) is -2.21. The zero-order valence-corrected chi connectivity index (χ0v) is 5.69. The normalized spacial score (nSPS) is 21.0. The van der Waals surface area contributed by atoms with Crippen LogP contribution < -0.4 is 0 Å². The second-order valence-corrected chi connectivity index (χ2v) is 2.46. The Morgan fingerprint density at radius 2 is 2.11 bits per heavy atom. The third-order valence-electron chi connectivity index (χ3n) is 0.998. The minimum atomic E-state index is -2.21. The maximum atomic E-state index is 12.1. The molecule has 0 bridgehead atoms. The molecule has 2 unspecified atom stereocenters. The molecular formula is C6H12F2O. The van der Waals surface area contributed by atoms with Crippen LogP contribution in [-0.4, -0.2) is 17.1 Å². The lowest BCUT2D eigenvalue weighted by molar-refractivity contribution is -0.0807. The van der Waals surface area contributed by atoms with E-state index in [9.17, 15) is 8.78 Å².